The second-order valence-corrected chi connectivity index (χ2v) is 6.59. The van der Waals surface area contributed by atoms with Crippen molar-refractivity contribution in [1.29, 1.82) is 0 Å². The van der Waals surface area contributed by atoms with E-state index in [1.165, 1.54) is 6.42 Å². The number of carbonyl (C=O) groups excluding carboxylic acids is 2. The minimum Gasteiger partial charge on any atom is -0.497 e. The molecule has 1 fully saturated rings. The minimum absolute atomic E-state index is 0.117. The number of anilines is 1. The summed E-state index contributed by atoms with van der Waals surface area (Å²) in [4.78, 5) is 28.4. The molecule has 0 saturated carbocycles. The summed E-state index contributed by atoms with van der Waals surface area (Å²) < 4.78 is 5.09. The van der Waals surface area contributed by atoms with E-state index >= 15 is 0 Å². The van der Waals surface area contributed by atoms with Crippen molar-refractivity contribution in [3.8, 4) is 5.75 Å². The number of piperidine rings is 1. The van der Waals surface area contributed by atoms with Crippen LogP contribution in [-0.2, 0) is 9.59 Å². The number of amides is 2. The Morgan fingerprint density at radius 2 is 1.96 bits per heavy atom. The number of hydrogen-bond donors (Lipinski definition) is 1. The zero-order chi connectivity index (χ0) is 18.2. The number of benzene rings is 1. The Labute approximate surface area is 150 Å². The van der Waals surface area contributed by atoms with Gasteiger partial charge in [-0.2, -0.15) is 0 Å². The molecule has 1 saturated heterocycles. The molecule has 0 radical (unpaired) electrons. The fourth-order valence-corrected chi connectivity index (χ4v) is 3.25. The first-order valence-electron chi connectivity index (χ1n) is 8.95. The predicted molar refractivity (Wildman–Crippen MR) is 98.8 cm³/mol. The van der Waals surface area contributed by atoms with E-state index in [0.717, 1.165) is 31.6 Å². The van der Waals surface area contributed by atoms with E-state index in [9.17, 15) is 9.59 Å². The van der Waals surface area contributed by atoms with Crippen LogP contribution in [0.25, 0.3) is 0 Å². The van der Waals surface area contributed by atoms with Gasteiger partial charge in [-0.1, -0.05) is 6.92 Å². The van der Waals surface area contributed by atoms with Crippen molar-refractivity contribution in [3.63, 3.8) is 0 Å². The molecule has 1 atom stereocenters. The molecule has 2 rings (SSSR count). The van der Waals surface area contributed by atoms with Crippen LogP contribution < -0.4 is 10.1 Å². The van der Waals surface area contributed by atoms with Crippen molar-refractivity contribution in [2.75, 3.05) is 39.1 Å². The molecule has 0 aromatic heterocycles. The summed E-state index contributed by atoms with van der Waals surface area (Å²) in [5, 5.41) is 2.84. The lowest BCUT2D eigenvalue weighted by atomic mass is 10.00. The molecule has 2 amide bonds. The second kappa shape index (κ2) is 9.42. The molecule has 0 bridgehead atoms. The van der Waals surface area contributed by atoms with Gasteiger partial charge in [-0.3, -0.25) is 14.5 Å². The van der Waals surface area contributed by atoms with Crippen LogP contribution in [0.3, 0.4) is 0 Å². The summed E-state index contributed by atoms with van der Waals surface area (Å²) >= 11 is 0. The summed E-state index contributed by atoms with van der Waals surface area (Å²) in [6.45, 7) is 3.42. The number of rotatable bonds is 7. The molecule has 0 aliphatic carbocycles. The van der Waals surface area contributed by atoms with Gasteiger partial charge in [0.2, 0.25) is 11.8 Å². The van der Waals surface area contributed by atoms with E-state index < -0.39 is 0 Å². The van der Waals surface area contributed by atoms with Crippen LogP contribution in [0.1, 0.15) is 32.6 Å². The maximum atomic E-state index is 12.5. The third-order valence-electron chi connectivity index (χ3n) is 4.61. The van der Waals surface area contributed by atoms with Crippen molar-refractivity contribution >= 4 is 17.5 Å². The smallest absolute Gasteiger partial charge is 0.238 e. The first kappa shape index (κ1) is 19.2. The van der Waals surface area contributed by atoms with Gasteiger partial charge in [0, 0.05) is 18.3 Å². The van der Waals surface area contributed by atoms with Crippen LogP contribution >= 0.6 is 0 Å². The molecule has 1 heterocycles. The Kier molecular flexibility index (Phi) is 7.25. The number of nitrogens with zero attached hydrogens (tertiary/aromatic N) is 2. The summed E-state index contributed by atoms with van der Waals surface area (Å²) in [5.74, 6) is 0.727. The summed E-state index contributed by atoms with van der Waals surface area (Å²) in [5.41, 5.74) is 0.715. The predicted octanol–water partition coefficient (Wildman–Crippen LogP) is 2.36. The molecule has 1 aliphatic rings. The topological polar surface area (TPSA) is 61.9 Å². The summed E-state index contributed by atoms with van der Waals surface area (Å²) in [6, 6.07) is 7.53. The zero-order valence-corrected chi connectivity index (χ0v) is 15.5. The number of ether oxygens (including phenoxy) is 1. The van der Waals surface area contributed by atoms with Gasteiger partial charge in [-0.25, -0.2) is 0 Å². The van der Waals surface area contributed by atoms with E-state index in [1.54, 1.807) is 43.3 Å². The maximum absolute atomic E-state index is 12.5. The zero-order valence-electron chi connectivity index (χ0n) is 15.5. The van der Waals surface area contributed by atoms with Gasteiger partial charge in [0.1, 0.15) is 5.75 Å². The number of likely N-dealkylation sites (N-methyl/N-ethyl adjacent to an activating group) is 1. The lowest BCUT2D eigenvalue weighted by molar-refractivity contribution is -0.136. The van der Waals surface area contributed by atoms with Crippen LogP contribution in [0, 0.1) is 0 Å². The minimum atomic E-state index is -0.133. The number of hydrogen-bond acceptors (Lipinski definition) is 4. The Morgan fingerprint density at radius 1 is 1.24 bits per heavy atom. The monoisotopic (exact) mass is 347 g/mol. The average molecular weight is 347 g/mol. The molecular weight excluding hydrogens is 318 g/mol. The quantitative estimate of drug-likeness (QED) is 0.822. The molecule has 6 nitrogen and oxygen atoms in total. The van der Waals surface area contributed by atoms with E-state index in [4.69, 9.17) is 4.74 Å². The highest BCUT2D eigenvalue weighted by molar-refractivity contribution is 5.92. The van der Waals surface area contributed by atoms with E-state index in [-0.39, 0.29) is 24.9 Å². The second-order valence-electron chi connectivity index (χ2n) is 6.59. The Bertz CT molecular complexity index is 574. The molecule has 138 valence electrons. The van der Waals surface area contributed by atoms with Gasteiger partial charge >= 0.3 is 0 Å². The van der Waals surface area contributed by atoms with Crippen LogP contribution in [0.15, 0.2) is 24.3 Å². The standard InChI is InChI=1S/C19H29N3O3/c1-4-16-7-5-6-12-22(16)19(24)14-21(2)13-18(23)20-15-8-10-17(25-3)11-9-15/h8-11,16H,4-7,12-14H2,1-3H3,(H,20,23)/t16-/m1/s1. The molecule has 1 aliphatic heterocycles. The number of carbonyl (C=O) groups is 2. The fourth-order valence-electron chi connectivity index (χ4n) is 3.25. The number of likely N-dealkylation sites (tertiary alicyclic amines) is 1. The van der Waals surface area contributed by atoms with Gasteiger partial charge in [0.05, 0.1) is 20.2 Å². The SMILES string of the molecule is CC[C@@H]1CCCCN1C(=O)CN(C)CC(=O)Nc1ccc(OC)cc1. The van der Waals surface area contributed by atoms with Crippen molar-refractivity contribution in [1.82, 2.24) is 9.80 Å². The third kappa shape index (κ3) is 5.74. The van der Waals surface area contributed by atoms with Gasteiger partial charge in [-0.15, -0.1) is 0 Å². The molecule has 0 unspecified atom stereocenters. The van der Waals surface area contributed by atoms with E-state index in [0.29, 0.717) is 11.7 Å². The van der Waals surface area contributed by atoms with Gasteiger partial charge < -0.3 is 15.0 Å². The normalized spacial score (nSPS) is 17.4. The lowest BCUT2D eigenvalue weighted by Crippen LogP contribution is -2.48. The highest BCUT2D eigenvalue weighted by Crippen LogP contribution is 2.19. The first-order chi connectivity index (χ1) is 12.0. The van der Waals surface area contributed by atoms with Crippen LogP contribution in [0.2, 0.25) is 0 Å². The Hall–Kier alpha value is -2.08. The van der Waals surface area contributed by atoms with Crippen molar-refractivity contribution in [2.45, 2.75) is 38.6 Å². The Morgan fingerprint density at radius 3 is 2.60 bits per heavy atom. The highest BCUT2D eigenvalue weighted by Gasteiger charge is 2.26. The lowest BCUT2D eigenvalue weighted by Gasteiger charge is -2.36. The summed E-state index contributed by atoms with van der Waals surface area (Å²) in [7, 11) is 3.40. The van der Waals surface area contributed by atoms with Gasteiger partial charge in [-0.05, 0) is 57.0 Å². The summed E-state index contributed by atoms with van der Waals surface area (Å²) in [6.07, 6.45) is 4.35. The van der Waals surface area contributed by atoms with Crippen molar-refractivity contribution in [2.24, 2.45) is 0 Å². The van der Waals surface area contributed by atoms with Crippen LogP contribution in [0.4, 0.5) is 5.69 Å². The molecule has 0 spiro atoms. The van der Waals surface area contributed by atoms with Gasteiger partial charge in [0.15, 0.2) is 0 Å². The molecule has 25 heavy (non-hydrogen) atoms. The number of methoxy groups -OCH3 is 1. The molecule has 1 aromatic rings. The third-order valence-corrected chi connectivity index (χ3v) is 4.61. The maximum Gasteiger partial charge on any atom is 0.238 e. The van der Waals surface area contributed by atoms with Crippen molar-refractivity contribution < 1.29 is 14.3 Å². The largest absolute Gasteiger partial charge is 0.497 e. The number of nitrogens with one attached hydrogen (secondary N) is 1. The van der Waals surface area contributed by atoms with Crippen LogP contribution in [0.5, 0.6) is 5.75 Å². The molecular formula is C19H29N3O3. The first-order valence-corrected chi connectivity index (χ1v) is 8.95. The highest BCUT2D eigenvalue weighted by atomic mass is 16.5. The van der Waals surface area contributed by atoms with E-state index in [1.807, 2.05) is 4.90 Å². The fraction of sp³-hybridized carbons (Fsp3) is 0.579. The Balaban J connectivity index is 1.80. The van der Waals surface area contributed by atoms with E-state index in [2.05, 4.69) is 12.2 Å². The molecule has 6 heteroatoms. The average Bonchev–Trinajstić information content (AvgIpc) is 2.62. The van der Waals surface area contributed by atoms with Gasteiger partial charge in [0.25, 0.3) is 0 Å². The van der Waals surface area contributed by atoms with Crippen LogP contribution in [-0.4, -0.2) is 61.4 Å². The molecule has 1 N–H and O–H groups in total. The van der Waals surface area contributed by atoms with Crippen molar-refractivity contribution in [3.05, 3.63) is 24.3 Å². The molecule has 1 aromatic carbocycles.